The number of aromatic nitrogens is 2. The van der Waals surface area contributed by atoms with Crippen molar-refractivity contribution in [2.24, 2.45) is 0 Å². The zero-order valence-corrected chi connectivity index (χ0v) is 18.3. The molecule has 0 radical (unpaired) electrons. The summed E-state index contributed by atoms with van der Waals surface area (Å²) in [5, 5.41) is 19.0. The number of nitrogens with zero attached hydrogens (tertiary/aromatic N) is 2. The lowest BCUT2D eigenvalue weighted by atomic mass is 10.1. The first-order chi connectivity index (χ1) is 15.8. The van der Waals surface area contributed by atoms with E-state index < -0.39 is 11.8 Å². The smallest absolute Gasteiger partial charge is 0.335 e. The summed E-state index contributed by atoms with van der Waals surface area (Å²) in [4.78, 5) is 18.2. The number of rotatable bonds is 6. The van der Waals surface area contributed by atoms with Crippen molar-refractivity contribution < 1.29 is 19.0 Å². The number of carbonyl (C=O) groups is 1. The fraction of sp³-hybridized carbons (Fsp3) is 0.0417. The Morgan fingerprint density at radius 1 is 1.15 bits per heavy atom. The largest absolute Gasteiger partial charge is 0.486 e. The highest BCUT2D eigenvalue weighted by molar-refractivity contribution is 6.37. The number of nitrogens with one attached hydrogen (secondary N) is 1. The summed E-state index contributed by atoms with van der Waals surface area (Å²) in [6.07, 6.45) is 1.56. The summed E-state index contributed by atoms with van der Waals surface area (Å²) in [5.41, 5.74) is 2.68. The van der Waals surface area contributed by atoms with Gasteiger partial charge in [-0.3, -0.25) is 0 Å². The number of halogens is 3. The van der Waals surface area contributed by atoms with Crippen molar-refractivity contribution in [2.45, 2.75) is 6.61 Å². The topological polar surface area (TPSA) is 99.0 Å². The van der Waals surface area contributed by atoms with Gasteiger partial charge in [-0.1, -0.05) is 35.3 Å². The quantitative estimate of drug-likeness (QED) is 0.312. The molecule has 0 aliphatic heterocycles. The van der Waals surface area contributed by atoms with Gasteiger partial charge < -0.3 is 14.8 Å². The van der Waals surface area contributed by atoms with Gasteiger partial charge in [-0.25, -0.2) is 14.2 Å². The van der Waals surface area contributed by atoms with E-state index in [1.807, 2.05) is 0 Å². The fourth-order valence-electron chi connectivity index (χ4n) is 3.13. The molecule has 4 aromatic rings. The maximum atomic E-state index is 13.4. The highest BCUT2D eigenvalue weighted by atomic mass is 35.5. The molecule has 0 fully saturated rings. The van der Waals surface area contributed by atoms with Crippen molar-refractivity contribution in [1.29, 1.82) is 5.26 Å². The normalized spacial score (nSPS) is 11.4. The Labute approximate surface area is 197 Å². The lowest BCUT2D eigenvalue weighted by molar-refractivity contribution is 0.0697. The van der Waals surface area contributed by atoms with Crippen LogP contribution in [0.1, 0.15) is 27.3 Å². The zero-order valence-electron chi connectivity index (χ0n) is 16.8. The molecule has 0 unspecified atom stereocenters. The monoisotopic (exact) mass is 481 g/mol. The average molecular weight is 482 g/mol. The van der Waals surface area contributed by atoms with E-state index in [0.29, 0.717) is 16.6 Å². The number of benzene rings is 3. The van der Waals surface area contributed by atoms with Crippen LogP contribution in [0.3, 0.4) is 0 Å². The maximum Gasteiger partial charge on any atom is 0.335 e. The van der Waals surface area contributed by atoms with E-state index in [0.717, 1.165) is 5.56 Å². The molecule has 0 atom stereocenters. The van der Waals surface area contributed by atoms with E-state index in [2.05, 4.69) is 16.0 Å². The number of allylic oxidation sites excluding steroid dienone is 1. The highest BCUT2D eigenvalue weighted by Crippen LogP contribution is 2.36. The molecule has 0 bridgehead atoms. The highest BCUT2D eigenvalue weighted by Gasteiger charge is 2.13. The number of imidazole rings is 1. The standard InChI is InChI=1S/C24H14Cl2FN3O3/c25-18-8-14(7-16(11-28)23-29-20-6-5-17(27)10-21(20)30-23)9-19(26)22(18)33-12-13-1-3-15(4-2-13)24(31)32/h1-10H,12H2,(H,29,30)(H,31,32)/b16-7-. The summed E-state index contributed by atoms with van der Waals surface area (Å²) in [5.74, 6) is -0.873. The van der Waals surface area contributed by atoms with E-state index in [9.17, 15) is 14.4 Å². The van der Waals surface area contributed by atoms with E-state index >= 15 is 0 Å². The molecular weight excluding hydrogens is 468 g/mol. The summed E-state index contributed by atoms with van der Waals surface area (Å²) in [7, 11) is 0. The van der Waals surface area contributed by atoms with Gasteiger partial charge in [0.25, 0.3) is 0 Å². The van der Waals surface area contributed by atoms with Crippen LogP contribution in [-0.2, 0) is 6.61 Å². The maximum absolute atomic E-state index is 13.4. The lowest BCUT2D eigenvalue weighted by Crippen LogP contribution is -1.99. The first-order valence-electron chi connectivity index (χ1n) is 9.55. The van der Waals surface area contributed by atoms with E-state index in [1.54, 1.807) is 30.3 Å². The fourth-order valence-corrected chi connectivity index (χ4v) is 3.74. The summed E-state index contributed by atoms with van der Waals surface area (Å²) < 4.78 is 19.2. The van der Waals surface area contributed by atoms with Gasteiger partial charge in [-0.05, 0) is 59.7 Å². The predicted molar refractivity (Wildman–Crippen MR) is 124 cm³/mol. The third kappa shape index (κ3) is 4.98. The van der Waals surface area contributed by atoms with Gasteiger partial charge in [0.1, 0.15) is 24.3 Å². The van der Waals surface area contributed by atoms with Crippen LogP contribution in [0.25, 0.3) is 22.7 Å². The van der Waals surface area contributed by atoms with Crippen LogP contribution in [0.15, 0.2) is 54.6 Å². The molecule has 9 heteroatoms. The minimum absolute atomic E-state index is 0.132. The Kier molecular flexibility index (Phi) is 6.31. The third-order valence-electron chi connectivity index (χ3n) is 4.74. The second kappa shape index (κ2) is 9.33. The summed E-state index contributed by atoms with van der Waals surface area (Å²) >= 11 is 12.7. The van der Waals surface area contributed by atoms with Crippen LogP contribution in [0, 0.1) is 17.1 Å². The second-order valence-electron chi connectivity index (χ2n) is 7.02. The molecule has 1 heterocycles. The average Bonchev–Trinajstić information content (AvgIpc) is 3.20. The molecule has 3 aromatic carbocycles. The number of carboxylic acid groups (broad SMARTS) is 1. The van der Waals surface area contributed by atoms with E-state index in [1.165, 1.54) is 30.3 Å². The van der Waals surface area contributed by atoms with Crippen molar-refractivity contribution in [3.63, 3.8) is 0 Å². The van der Waals surface area contributed by atoms with Crippen LogP contribution in [0.5, 0.6) is 5.75 Å². The Balaban J connectivity index is 1.56. The lowest BCUT2D eigenvalue weighted by Gasteiger charge is -2.11. The molecule has 2 N–H and O–H groups in total. The van der Waals surface area contributed by atoms with Crippen molar-refractivity contribution >= 4 is 51.9 Å². The van der Waals surface area contributed by atoms with Gasteiger partial charge in [0.05, 0.1) is 32.2 Å². The Morgan fingerprint density at radius 3 is 2.48 bits per heavy atom. The molecule has 164 valence electrons. The minimum atomic E-state index is -1.01. The van der Waals surface area contributed by atoms with Gasteiger partial charge >= 0.3 is 5.97 Å². The second-order valence-corrected chi connectivity index (χ2v) is 7.84. The molecule has 0 spiro atoms. The number of aromatic amines is 1. The van der Waals surface area contributed by atoms with Crippen molar-refractivity contribution in [3.8, 4) is 11.8 Å². The number of H-pyrrole nitrogens is 1. The zero-order chi connectivity index (χ0) is 23.5. The molecule has 0 amide bonds. The van der Waals surface area contributed by atoms with E-state index in [-0.39, 0.29) is 39.4 Å². The molecule has 0 saturated carbocycles. The number of aromatic carboxylic acids is 1. The van der Waals surface area contributed by atoms with Crippen LogP contribution in [0.2, 0.25) is 10.0 Å². The summed E-state index contributed by atoms with van der Waals surface area (Å²) in [6, 6.07) is 15.6. The molecule has 0 aliphatic rings. The number of hydrogen-bond donors (Lipinski definition) is 2. The number of fused-ring (bicyclic) bond motifs is 1. The Hall–Kier alpha value is -3.86. The molecular formula is C24H14Cl2FN3O3. The van der Waals surface area contributed by atoms with Crippen LogP contribution < -0.4 is 4.74 Å². The Bertz CT molecular complexity index is 1420. The molecule has 33 heavy (non-hydrogen) atoms. The number of ether oxygens (including phenoxy) is 1. The first-order valence-corrected chi connectivity index (χ1v) is 10.3. The molecule has 0 saturated heterocycles. The molecule has 0 aliphatic carbocycles. The SMILES string of the molecule is N#C/C(=C/c1cc(Cl)c(OCc2ccc(C(=O)O)cc2)c(Cl)c1)c1nc2ccc(F)cc2[nH]1. The van der Waals surface area contributed by atoms with Crippen molar-refractivity contribution in [3.05, 3.63) is 93.0 Å². The van der Waals surface area contributed by atoms with Gasteiger partial charge in [0.15, 0.2) is 5.75 Å². The number of nitriles is 1. The molecule has 4 rings (SSSR count). The summed E-state index contributed by atoms with van der Waals surface area (Å²) in [6.45, 7) is 0.132. The van der Waals surface area contributed by atoms with E-state index in [4.69, 9.17) is 33.0 Å². The van der Waals surface area contributed by atoms with Crippen LogP contribution in [0.4, 0.5) is 4.39 Å². The van der Waals surface area contributed by atoms with Crippen molar-refractivity contribution in [2.75, 3.05) is 0 Å². The van der Waals surface area contributed by atoms with Crippen LogP contribution >= 0.6 is 23.2 Å². The van der Waals surface area contributed by atoms with Gasteiger partial charge in [0.2, 0.25) is 0 Å². The molecule has 6 nitrogen and oxygen atoms in total. The third-order valence-corrected chi connectivity index (χ3v) is 5.30. The van der Waals surface area contributed by atoms with Crippen molar-refractivity contribution in [1.82, 2.24) is 9.97 Å². The van der Waals surface area contributed by atoms with Gasteiger partial charge in [-0.15, -0.1) is 0 Å². The predicted octanol–water partition coefficient (Wildman–Crippen LogP) is 6.35. The number of carboxylic acids is 1. The van der Waals surface area contributed by atoms with Crippen LogP contribution in [-0.4, -0.2) is 21.0 Å². The number of hydrogen-bond acceptors (Lipinski definition) is 4. The Morgan fingerprint density at radius 2 is 1.85 bits per heavy atom. The first kappa shape index (κ1) is 22.3. The minimum Gasteiger partial charge on any atom is -0.486 e. The molecule has 1 aromatic heterocycles. The van der Waals surface area contributed by atoms with Gasteiger partial charge in [-0.2, -0.15) is 5.26 Å². The van der Waals surface area contributed by atoms with Gasteiger partial charge in [0, 0.05) is 0 Å².